The molecular formula is C13H24N2S. The Morgan fingerprint density at radius 2 is 2.19 bits per heavy atom. The van der Waals surface area contributed by atoms with E-state index in [4.69, 9.17) is 0 Å². The van der Waals surface area contributed by atoms with Crippen molar-refractivity contribution in [2.45, 2.75) is 53.0 Å². The Bertz CT molecular complexity index is 317. The molecule has 1 aromatic heterocycles. The van der Waals surface area contributed by atoms with Crippen LogP contribution >= 0.6 is 11.3 Å². The van der Waals surface area contributed by atoms with Crippen molar-refractivity contribution in [3.05, 3.63) is 16.1 Å². The number of aryl methyl sites for hydroxylation is 1. The molecule has 0 aromatic carbocycles. The van der Waals surface area contributed by atoms with Gasteiger partial charge in [-0.1, -0.05) is 20.3 Å². The second kappa shape index (κ2) is 5.78. The molecule has 3 heteroatoms. The molecule has 0 aliphatic carbocycles. The van der Waals surface area contributed by atoms with Crippen LogP contribution in [0.4, 0.5) is 0 Å². The van der Waals surface area contributed by atoms with Gasteiger partial charge in [0.25, 0.3) is 0 Å². The Morgan fingerprint density at radius 1 is 1.50 bits per heavy atom. The predicted molar refractivity (Wildman–Crippen MR) is 72.0 cm³/mol. The van der Waals surface area contributed by atoms with Gasteiger partial charge in [0.15, 0.2) is 0 Å². The van der Waals surface area contributed by atoms with Gasteiger partial charge in [0, 0.05) is 11.1 Å². The van der Waals surface area contributed by atoms with Crippen LogP contribution in [0.3, 0.4) is 0 Å². The highest BCUT2D eigenvalue weighted by Gasteiger charge is 2.23. The topological polar surface area (TPSA) is 24.9 Å². The molecule has 0 bridgehead atoms. The summed E-state index contributed by atoms with van der Waals surface area (Å²) < 4.78 is 0. The summed E-state index contributed by atoms with van der Waals surface area (Å²) in [7, 11) is 0. The molecule has 0 aliphatic heterocycles. The predicted octanol–water partition coefficient (Wildman–Crippen LogP) is 3.71. The Kier molecular flexibility index (Phi) is 4.93. The van der Waals surface area contributed by atoms with E-state index in [0.717, 1.165) is 18.2 Å². The fourth-order valence-electron chi connectivity index (χ4n) is 1.74. The van der Waals surface area contributed by atoms with E-state index in [-0.39, 0.29) is 5.54 Å². The average Bonchev–Trinajstić information content (AvgIpc) is 2.63. The van der Waals surface area contributed by atoms with E-state index >= 15 is 0 Å². The van der Waals surface area contributed by atoms with Crippen LogP contribution in [0.2, 0.25) is 0 Å². The molecule has 0 saturated carbocycles. The van der Waals surface area contributed by atoms with Crippen molar-refractivity contribution in [2.24, 2.45) is 5.92 Å². The van der Waals surface area contributed by atoms with Gasteiger partial charge in [0.1, 0.15) is 5.01 Å². The second-order valence-electron chi connectivity index (χ2n) is 5.19. The van der Waals surface area contributed by atoms with Gasteiger partial charge in [-0.3, -0.25) is 0 Å². The molecule has 92 valence electrons. The van der Waals surface area contributed by atoms with Gasteiger partial charge in [0.05, 0.1) is 5.54 Å². The van der Waals surface area contributed by atoms with Crippen LogP contribution in [0, 0.1) is 12.8 Å². The van der Waals surface area contributed by atoms with Gasteiger partial charge >= 0.3 is 0 Å². The van der Waals surface area contributed by atoms with Crippen LogP contribution in [0.1, 0.15) is 51.2 Å². The zero-order chi connectivity index (χ0) is 12.2. The zero-order valence-electron chi connectivity index (χ0n) is 11.1. The number of rotatable bonds is 6. The number of hydrogen-bond donors (Lipinski definition) is 1. The standard InChI is InChI=1S/C13H24N2S/c1-6-7-10(2)8-14-13(4,5)12-15-11(3)9-16-12/h9-10,14H,6-8H2,1-5H3. The molecule has 16 heavy (non-hydrogen) atoms. The first-order chi connectivity index (χ1) is 7.45. The molecule has 1 N–H and O–H groups in total. The molecule has 1 rings (SSSR count). The van der Waals surface area contributed by atoms with E-state index in [2.05, 4.69) is 50.3 Å². The minimum absolute atomic E-state index is 0.000921. The molecule has 1 atom stereocenters. The maximum Gasteiger partial charge on any atom is 0.112 e. The number of hydrogen-bond acceptors (Lipinski definition) is 3. The summed E-state index contributed by atoms with van der Waals surface area (Å²) in [4.78, 5) is 4.56. The molecule has 1 aromatic rings. The lowest BCUT2D eigenvalue weighted by Crippen LogP contribution is -2.39. The zero-order valence-corrected chi connectivity index (χ0v) is 11.9. The fourth-order valence-corrected chi connectivity index (χ4v) is 2.64. The van der Waals surface area contributed by atoms with Crippen molar-refractivity contribution in [1.82, 2.24) is 10.3 Å². The fraction of sp³-hybridized carbons (Fsp3) is 0.769. The molecule has 2 nitrogen and oxygen atoms in total. The monoisotopic (exact) mass is 240 g/mol. The van der Waals surface area contributed by atoms with Gasteiger partial charge < -0.3 is 5.32 Å². The highest BCUT2D eigenvalue weighted by molar-refractivity contribution is 7.09. The van der Waals surface area contributed by atoms with Gasteiger partial charge in [0.2, 0.25) is 0 Å². The summed E-state index contributed by atoms with van der Waals surface area (Å²) in [5, 5.41) is 6.93. The van der Waals surface area contributed by atoms with E-state index in [1.165, 1.54) is 17.8 Å². The van der Waals surface area contributed by atoms with E-state index in [9.17, 15) is 0 Å². The van der Waals surface area contributed by atoms with Crippen LogP contribution in [-0.4, -0.2) is 11.5 Å². The maximum atomic E-state index is 4.56. The minimum atomic E-state index is 0.000921. The smallest absolute Gasteiger partial charge is 0.112 e. The Morgan fingerprint density at radius 3 is 2.69 bits per heavy atom. The van der Waals surface area contributed by atoms with Crippen molar-refractivity contribution in [2.75, 3.05) is 6.54 Å². The highest BCUT2D eigenvalue weighted by atomic mass is 32.1. The first kappa shape index (κ1) is 13.7. The lowest BCUT2D eigenvalue weighted by Gasteiger charge is -2.26. The van der Waals surface area contributed by atoms with Crippen molar-refractivity contribution < 1.29 is 0 Å². The van der Waals surface area contributed by atoms with Crippen LogP contribution in [0.5, 0.6) is 0 Å². The van der Waals surface area contributed by atoms with E-state index in [1.807, 2.05) is 0 Å². The van der Waals surface area contributed by atoms with Crippen molar-refractivity contribution in [3.8, 4) is 0 Å². The summed E-state index contributed by atoms with van der Waals surface area (Å²) >= 11 is 1.75. The van der Waals surface area contributed by atoms with Crippen LogP contribution < -0.4 is 5.32 Å². The van der Waals surface area contributed by atoms with Crippen molar-refractivity contribution in [3.63, 3.8) is 0 Å². The average molecular weight is 240 g/mol. The lowest BCUT2D eigenvalue weighted by molar-refractivity contribution is 0.353. The third-order valence-corrected chi connectivity index (χ3v) is 4.11. The van der Waals surface area contributed by atoms with Gasteiger partial charge in [-0.2, -0.15) is 0 Å². The summed E-state index contributed by atoms with van der Waals surface area (Å²) in [5.41, 5.74) is 1.12. The number of thiazole rings is 1. The molecule has 0 spiro atoms. The number of nitrogens with zero attached hydrogens (tertiary/aromatic N) is 1. The van der Waals surface area contributed by atoms with Gasteiger partial charge in [-0.05, 0) is 39.7 Å². The molecular weight excluding hydrogens is 216 g/mol. The van der Waals surface area contributed by atoms with Crippen LogP contribution in [0.15, 0.2) is 5.38 Å². The van der Waals surface area contributed by atoms with Crippen LogP contribution in [0.25, 0.3) is 0 Å². The first-order valence-corrected chi connectivity index (χ1v) is 7.01. The summed E-state index contributed by atoms with van der Waals surface area (Å²) in [6.45, 7) is 12.1. The Labute approximate surface area is 103 Å². The van der Waals surface area contributed by atoms with Crippen LogP contribution in [-0.2, 0) is 5.54 Å². The Hall–Kier alpha value is -0.410. The minimum Gasteiger partial charge on any atom is -0.306 e. The van der Waals surface area contributed by atoms with Gasteiger partial charge in [-0.15, -0.1) is 11.3 Å². The van der Waals surface area contributed by atoms with E-state index < -0.39 is 0 Å². The lowest BCUT2D eigenvalue weighted by atomic mass is 10.0. The molecule has 1 unspecified atom stereocenters. The third kappa shape index (κ3) is 3.87. The van der Waals surface area contributed by atoms with E-state index in [1.54, 1.807) is 11.3 Å². The third-order valence-electron chi connectivity index (χ3n) is 2.83. The Balaban J connectivity index is 2.51. The van der Waals surface area contributed by atoms with Gasteiger partial charge in [-0.25, -0.2) is 4.98 Å². The van der Waals surface area contributed by atoms with E-state index in [0.29, 0.717) is 0 Å². The molecule has 1 heterocycles. The molecule has 0 saturated heterocycles. The maximum absolute atomic E-state index is 4.56. The molecule has 0 aliphatic rings. The largest absolute Gasteiger partial charge is 0.306 e. The molecule has 0 radical (unpaired) electrons. The number of aromatic nitrogens is 1. The highest BCUT2D eigenvalue weighted by Crippen LogP contribution is 2.24. The van der Waals surface area contributed by atoms with Crippen molar-refractivity contribution in [1.29, 1.82) is 0 Å². The summed E-state index contributed by atoms with van der Waals surface area (Å²) in [6, 6.07) is 0. The van der Waals surface area contributed by atoms with Crippen molar-refractivity contribution >= 4 is 11.3 Å². The summed E-state index contributed by atoms with van der Waals surface area (Å²) in [5.74, 6) is 0.741. The first-order valence-electron chi connectivity index (χ1n) is 6.13. The second-order valence-corrected chi connectivity index (χ2v) is 6.05. The quantitative estimate of drug-likeness (QED) is 0.820. The number of nitrogens with one attached hydrogen (secondary N) is 1. The summed E-state index contributed by atoms with van der Waals surface area (Å²) in [6.07, 6.45) is 2.56. The SMILES string of the molecule is CCCC(C)CNC(C)(C)c1nc(C)cs1. The molecule has 0 fully saturated rings. The normalized spacial score (nSPS) is 14.1. The molecule has 0 amide bonds.